The first-order valence-corrected chi connectivity index (χ1v) is 7.68. The molecule has 1 heterocycles. The second-order valence-electron chi connectivity index (χ2n) is 5.32. The van der Waals surface area contributed by atoms with Crippen LogP contribution in [0.3, 0.4) is 0 Å². The lowest BCUT2D eigenvalue weighted by atomic mass is 10.4. The van der Waals surface area contributed by atoms with Crippen molar-refractivity contribution in [1.82, 2.24) is 15.2 Å². The van der Waals surface area contributed by atoms with Gasteiger partial charge in [-0.25, -0.2) is 9.78 Å². The minimum Gasteiger partial charge on any atom is -0.468 e. The molecule has 0 aliphatic carbocycles. The van der Waals surface area contributed by atoms with Gasteiger partial charge >= 0.3 is 12.2 Å². The van der Waals surface area contributed by atoms with Crippen LogP contribution in [-0.4, -0.2) is 69.1 Å². The van der Waals surface area contributed by atoms with E-state index in [4.69, 9.17) is 4.74 Å². The lowest BCUT2D eigenvalue weighted by molar-refractivity contribution is -0.154. The average molecular weight is 364 g/mol. The van der Waals surface area contributed by atoms with Crippen molar-refractivity contribution >= 4 is 11.7 Å². The zero-order valence-corrected chi connectivity index (χ0v) is 14.2. The summed E-state index contributed by atoms with van der Waals surface area (Å²) in [5.41, 5.74) is 0.356. The number of halogens is 3. The summed E-state index contributed by atoms with van der Waals surface area (Å²) in [6.07, 6.45) is -2.42. The van der Waals surface area contributed by atoms with Gasteiger partial charge in [-0.1, -0.05) is 0 Å². The van der Waals surface area contributed by atoms with Crippen molar-refractivity contribution in [1.29, 1.82) is 0 Å². The molecule has 0 radical (unpaired) electrons. The Hall–Kier alpha value is -2.07. The minimum atomic E-state index is -4.42. The van der Waals surface area contributed by atoms with E-state index in [1.165, 1.54) is 18.3 Å². The summed E-state index contributed by atoms with van der Waals surface area (Å²) >= 11 is 0. The molecule has 1 aromatic rings. The van der Waals surface area contributed by atoms with Crippen molar-refractivity contribution in [3.63, 3.8) is 0 Å². The van der Waals surface area contributed by atoms with Crippen molar-refractivity contribution in [2.45, 2.75) is 12.6 Å². The molecule has 0 aromatic carbocycles. The molecule has 0 fully saturated rings. The number of anilines is 1. The predicted octanol–water partition coefficient (Wildman–Crippen LogP) is 2.11. The highest BCUT2D eigenvalue weighted by atomic mass is 19.4. The highest BCUT2D eigenvalue weighted by Crippen LogP contribution is 2.17. The molecule has 2 amide bonds. The Labute approximate surface area is 144 Å². The molecule has 7 nitrogen and oxygen atoms in total. The standard InChI is InChI=1S/C15H23F3N4O3/c1-22(8-9-24-2)7-3-6-19-14(23)21-12-4-5-13(20-10-12)25-11-15(16,17)18/h4-5,10H,3,6-9,11H2,1-2H3,(H2,19,21,23). The van der Waals surface area contributed by atoms with E-state index in [2.05, 4.69) is 25.3 Å². The number of nitrogens with zero attached hydrogens (tertiary/aromatic N) is 2. The number of carbonyl (C=O) groups excluding carboxylic acids is 1. The average Bonchev–Trinajstić information content (AvgIpc) is 2.55. The number of likely N-dealkylation sites (N-methyl/N-ethyl adjacent to an activating group) is 1. The van der Waals surface area contributed by atoms with Gasteiger partial charge in [-0.3, -0.25) is 0 Å². The van der Waals surface area contributed by atoms with E-state index >= 15 is 0 Å². The normalized spacial score (nSPS) is 11.4. The second-order valence-corrected chi connectivity index (χ2v) is 5.32. The summed E-state index contributed by atoms with van der Waals surface area (Å²) in [6, 6.07) is 2.26. The first kappa shape index (κ1) is 21.0. The number of hydrogen-bond acceptors (Lipinski definition) is 5. The Bertz CT molecular complexity index is 512. The maximum absolute atomic E-state index is 12.0. The van der Waals surface area contributed by atoms with Gasteiger partial charge < -0.3 is 25.0 Å². The maximum Gasteiger partial charge on any atom is 0.422 e. The number of aromatic nitrogens is 1. The van der Waals surface area contributed by atoms with Gasteiger partial charge in [0.15, 0.2) is 6.61 Å². The van der Waals surface area contributed by atoms with Gasteiger partial charge in [0.1, 0.15) is 0 Å². The van der Waals surface area contributed by atoms with Gasteiger partial charge in [-0.2, -0.15) is 13.2 Å². The summed E-state index contributed by atoms with van der Waals surface area (Å²) in [7, 11) is 3.61. The third-order valence-corrected chi connectivity index (χ3v) is 3.06. The molecule has 2 N–H and O–H groups in total. The fraction of sp³-hybridized carbons (Fsp3) is 0.600. The largest absolute Gasteiger partial charge is 0.468 e. The topological polar surface area (TPSA) is 75.7 Å². The molecule has 0 saturated heterocycles. The van der Waals surface area contributed by atoms with Crippen LogP contribution in [0, 0.1) is 0 Å². The van der Waals surface area contributed by atoms with Gasteiger partial charge in [0.25, 0.3) is 0 Å². The van der Waals surface area contributed by atoms with Crippen molar-refractivity contribution in [3.05, 3.63) is 18.3 Å². The number of pyridine rings is 1. The highest BCUT2D eigenvalue weighted by molar-refractivity contribution is 5.88. The van der Waals surface area contributed by atoms with Crippen molar-refractivity contribution in [3.8, 4) is 5.88 Å². The first-order chi connectivity index (χ1) is 11.8. The van der Waals surface area contributed by atoms with Crippen LogP contribution in [-0.2, 0) is 4.74 Å². The van der Waals surface area contributed by atoms with Crippen LogP contribution >= 0.6 is 0 Å². The van der Waals surface area contributed by atoms with Gasteiger partial charge in [0.2, 0.25) is 5.88 Å². The van der Waals surface area contributed by atoms with E-state index in [0.29, 0.717) is 18.8 Å². The van der Waals surface area contributed by atoms with Gasteiger partial charge in [0.05, 0.1) is 18.5 Å². The quantitative estimate of drug-likeness (QED) is 0.622. The number of urea groups is 1. The fourth-order valence-corrected chi connectivity index (χ4v) is 1.78. The zero-order valence-electron chi connectivity index (χ0n) is 14.2. The molecule has 25 heavy (non-hydrogen) atoms. The van der Waals surface area contributed by atoms with Crippen LogP contribution in [0.1, 0.15) is 6.42 Å². The van der Waals surface area contributed by atoms with E-state index in [-0.39, 0.29) is 5.88 Å². The number of alkyl halides is 3. The smallest absolute Gasteiger partial charge is 0.422 e. The van der Waals surface area contributed by atoms with Crippen molar-refractivity contribution in [2.75, 3.05) is 52.3 Å². The number of nitrogens with one attached hydrogen (secondary N) is 2. The molecule has 1 rings (SSSR count). The second kappa shape index (κ2) is 10.7. The number of methoxy groups -OCH3 is 1. The third kappa shape index (κ3) is 10.4. The number of ether oxygens (including phenoxy) is 2. The molecular weight excluding hydrogens is 341 g/mol. The van der Waals surface area contributed by atoms with Crippen LogP contribution in [0.15, 0.2) is 18.3 Å². The van der Waals surface area contributed by atoms with E-state index in [1.807, 2.05) is 7.05 Å². The summed E-state index contributed by atoms with van der Waals surface area (Å²) in [5.74, 6) is -0.164. The highest BCUT2D eigenvalue weighted by Gasteiger charge is 2.28. The molecule has 0 aliphatic heterocycles. The molecular formula is C15H23F3N4O3. The lowest BCUT2D eigenvalue weighted by Crippen LogP contribution is -2.32. The van der Waals surface area contributed by atoms with E-state index < -0.39 is 18.8 Å². The van der Waals surface area contributed by atoms with Crippen LogP contribution in [0.5, 0.6) is 5.88 Å². The predicted molar refractivity (Wildman–Crippen MR) is 86.8 cm³/mol. The minimum absolute atomic E-state index is 0.164. The molecule has 0 atom stereocenters. The number of amides is 2. The molecule has 10 heteroatoms. The SMILES string of the molecule is COCCN(C)CCCNC(=O)Nc1ccc(OCC(F)(F)F)nc1. The van der Waals surface area contributed by atoms with Gasteiger partial charge in [0, 0.05) is 26.3 Å². The van der Waals surface area contributed by atoms with Gasteiger partial charge in [-0.05, 0) is 26.1 Å². The molecule has 0 bridgehead atoms. The van der Waals surface area contributed by atoms with Crippen LogP contribution < -0.4 is 15.4 Å². The third-order valence-electron chi connectivity index (χ3n) is 3.06. The number of carbonyl (C=O) groups is 1. The Morgan fingerprint density at radius 1 is 1.32 bits per heavy atom. The Morgan fingerprint density at radius 3 is 2.68 bits per heavy atom. The summed E-state index contributed by atoms with van der Waals surface area (Å²) < 4.78 is 45.5. The number of rotatable bonds is 10. The Balaban J connectivity index is 2.23. The Kier molecular flexibility index (Phi) is 9.00. The zero-order chi connectivity index (χ0) is 18.7. The summed E-state index contributed by atoms with van der Waals surface area (Å²) in [6.45, 7) is 1.36. The fourth-order valence-electron chi connectivity index (χ4n) is 1.78. The van der Waals surface area contributed by atoms with E-state index in [0.717, 1.165) is 19.5 Å². The molecule has 1 aromatic heterocycles. The molecule has 0 spiro atoms. The summed E-state index contributed by atoms with van der Waals surface area (Å²) in [5, 5.41) is 5.23. The monoisotopic (exact) mass is 364 g/mol. The maximum atomic E-state index is 12.0. The van der Waals surface area contributed by atoms with Crippen molar-refractivity contribution in [2.24, 2.45) is 0 Å². The van der Waals surface area contributed by atoms with Crippen LogP contribution in [0.25, 0.3) is 0 Å². The van der Waals surface area contributed by atoms with Crippen LogP contribution in [0.4, 0.5) is 23.7 Å². The summed E-state index contributed by atoms with van der Waals surface area (Å²) in [4.78, 5) is 17.5. The number of hydrogen-bond donors (Lipinski definition) is 2. The molecule has 0 saturated carbocycles. The molecule has 142 valence electrons. The van der Waals surface area contributed by atoms with E-state index in [9.17, 15) is 18.0 Å². The van der Waals surface area contributed by atoms with E-state index in [1.54, 1.807) is 7.11 Å². The van der Waals surface area contributed by atoms with Crippen molar-refractivity contribution < 1.29 is 27.4 Å². The van der Waals surface area contributed by atoms with Crippen LogP contribution in [0.2, 0.25) is 0 Å². The molecule has 0 aliphatic rings. The first-order valence-electron chi connectivity index (χ1n) is 7.68. The van der Waals surface area contributed by atoms with Gasteiger partial charge in [-0.15, -0.1) is 0 Å². The lowest BCUT2D eigenvalue weighted by Gasteiger charge is -2.16. The Morgan fingerprint density at radius 2 is 2.08 bits per heavy atom. The molecule has 0 unspecified atom stereocenters.